The van der Waals surface area contributed by atoms with Crippen molar-refractivity contribution in [1.82, 2.24) is 0 Å². The van der Waals surface area contributed by atoms with Crippen molar-refractivity contribution in [3.63, 3.8) is 0 Å². The molecule has 0 heterocycles. The SMILES string of the molecule is Cc1cccc2c1C=C[CH]2[Y]([CH2]CC[C]([Si](C)(C)C)[Si](C)(C)C)[CH]1C=Cc2c(C)cccc21. The molecular formula is C30H42Si2Y. The van der Waals surface area contributed by atoms with Gasteiger partial charge in [0.1, 0.15) is 0 Å². The second-order valence-corrected chi connectivity index (χ2v) is 31.4. The van der Waals surface area contributed by atoms with E-state index in [2.05, 4.69) is 114 Å². The van der Waals surface area contributed by atoms with Crippen LogP contribution in [-0.4, -0.2) is 16.1 Å². The van der Waals surface area contributed by atoms with Crippen LogP contribution in [0.2, 0.25) is 42.5 Å². The van der Waals surface area contributed by atoms with Crippen LogP contribution >= 0.6 is 0 Å². The summed E-state index contributed by atoms with van der Waals surface area (Å²) in [6.07, 6.45) is 12.9. The van der Waals surface area contributed by atoms with Gasteiger partial charge in [0.05, 0.1) is 0 Å². The van der Waals surface area contributed by atoms with Gasteiger partial charge in [0.2, 0.25) is 0 Å². The molecule has 2 unspecified atom stereocenters. The predicted molar refractivity (Wildman–Crippen MR) is 150 cm³/mol. The molecular weight excluding hydrogens is 505 g/mol. The molecule has 0 fully saturated rings. The van der Waals surface area contributed by atoms with Gasteiger partial charge in [-0.2, -0.15) is 0 Å². The Bertz CT molecular complexity index is 986. The van der Waals surface area contributed by atoms with Gasteiger partial charge in [-0.1, -0.05) is 0 Å². The fourth-order valence-electron chi connectivity index (χ4n) is 6.77. The molecule has 0 saturated carbocycles. The number of benzene rings is 2. The minimum atomic E-state index is -2.10. The molecule has 0 nitrogen and oxygen atoms in total. The first kappa shape index (κ1) is 25.5. The summed E-state index contributed by atoms with van der Waals surface area (Å²) in [6.45, 7) is 20.1. The molecule has 4 rings (SSSR count). The first-order chi connectivity index (χ1) is 15.5. The molecule has 0 aliphatic heterocycles. The van der Waals surface area contributed by atoms with Crippen molar-refractivity contribution >= 4 is 28.3 Å². The van der Waals surface area contributed by atoms with Crippen LogP contribution in [0.1, 0.15) is 51.7 Å². The van der Waals surface area contributed by atoms with Gasteiger partial charge in [0.15, 0.2) is 0 Å². The van der Waals surface area contributed by atoms with Gasteiger partial charge in [0, 0.05) is 0 Å². The summed E-state index contributed by atoms with van der Waals surface area (Å²) in [5.74, 6) is 0. The fourth-order valence-corrected chi connectivity index (χ4v) is 27.8. The van der Waals surface area contributed by atoms with Gasteiger partial charge in [-0.15, -0.1) is 0 Å². The molecule has 2 aliphatic carbocycles. The van der Waals surface area contributed by atoms with Crippen LogP contribution in [0, 0.1) is 19.0 Å². The van der Waals surface area contributed by atoms with E-state index in [0.29, 0.717) is 0 Å². The van der Waals surface area contributed by atoms with Crippen molar-refractivity contribution in [2.45, 2.75) is 74.7 Å². The van der Waals surface area contributed by atoms with Gasteiger partial charge >= 0.3 is 217 Å². The summed E-state index contributed by atoms with van der Waals surface area (Å²) in [4.78, 5) is 0. The van der Waals surface area contributed by atoms with E-state index < -0.39 is 43.6 Å². The van der Waals surface area contributed by atoms with Crippen LogP contribution < -0.4 is 0 Å². The average Bonchev–Trinajstić information content (AvgIpc) is 3.33. The quantitative estimate of drug-likeness (QED) is 0.289. The predicted octanol–water partition coefficient (Wildman–Crippen LogP) is 9.29. The second kappa shape index (κ2) is 9.84. The minimum absolute atomic E-state index is 0.727. The third-order valence-corrected chi connectivity index (χ3v) is 26.7. The monoisotopic (exact) mass is 547 g/mol. The number of fused-ring (bicyclic) bond motifs is 2. The van der Waals surface area contributed by atoms with Crippen molar-refractivity contribution in [3.8, 4) is 0 Å². The Morgan fingerprint density at radius 2 is 1.18 bits per heavy atom. The maximum absolute atomic E-state index is 2.61. The molecule has 0 spiro atoms. The Kier molecular flexibility index (Phi) is 7.62. The molecule has 2 atom stereocenters. The van der Waals surface area contributed by atoms with Crippen LogP contribution in [-0.2, 0) is 27.4 Å². The molecule has 2 aliphatic rings. The van der Waals surface area contributed by atoms with Crippen LogP contribution in [0.25, 0.3) is 12.2 Å². The van der Waals surface area contributed by atoms with Crippen molar-refractivity contribution in [1.29, 1.82) is 0 Å². The molecule has 2 aromatic rings. The third kappa shape index (κ3) is 5.35. The van der Waals surface area contributed by atoms with Gasteiger partial charge in [-0.25, -0.2) is 0 Å². The van der Waals surface area contributed by atoms with Crippen molar-refractivity contribution in [2.75, 3.05) is 0 Å². The molecule has 0 N–H and O–H groups in total. The van der Waals surface area contributed by atoms with Crippen LogP contribution in [0.15, 0.2) is 48.6 Å². The molecule has 0 saturated heterocycles. The van der Waals surface area contributed by atoms with Crippen molar-refractivity contribution in [3.05, 3.63) is 87.1 Å². The van der Waals surface area contributed by atoms with Crippen LogP contribution in [0.5, 0.6) is 0 Å². The molecule has 3 heteroatoms. The Hall–Kier alpha value is -0.542. The normalized spacial score (nSPS) is 19.3. The van der Waals surface area contributed by atoms with E-state index in [1.165, 1.54) is 38.3 Å². The summed E-state index contributed by atoms with van der Waals surface area (Å²) in [6, 6.07) is 14.0. The molecule has 2 aromatic carbocycles. The zero-order valence-corrected chi connectivity index (χ0v) is 27.0. The average molecular weight is 548 g/mol. The topological polar surface area (TPSA) is 0 Å². The Labute approximate surface area is 215 Å². The first-order valence-corrected chi connectivity index (χ1v) is 25.2. The molecule has 0 bridgehead atoms. The summed E-state index contributed by atoms with van der Waals surface area (Å²) in [5, 5.41) is 2.01. The first-order valence-electron chi connectivity index (χ1n) is 12.9. The third-order valence-electron chi connectivity index (χ3n) is 8.07. The molecule has 0 amide bonds. The zero-order chi connectivity index (χ0) is 24.0. The van der Waals surface area contributed by atoms with E-state index in [1.54, 1.807) is 11.1 Å². The van der Waals surface area contributed by atoms with Crippen molar-refractivity contribution in [2.24, 2.45) is 0 Å². The van der Waals surface area contributed by atoms with Gasteiger partial charge in [-0.05, 0) is 0 Å². The Balaban J connectivity index is 1.64. The summed E-state index contributed by atoms with van der Waals surface area (Å²) in [5.41, 5.74) is 9.22. The summed E-state index contributed by atoms with van der Waals surface area (Å²) in [7, 11) is -2.43. The Morgan fingerprint density at radius 3 is 1.61 bits per heavy atom. The zero-order valence-electron chi connectivity index (χ0n) is 22.1. The fraction of sp³-hybridized carbons (Fsp3) is 0.433. The molecule has 0 aromatic heterocycles. The molecule has 33 heavy (non-hydrogen) atoms. The number of hydrogen-bond donors (Lipinski definition) is 0. The number of hydrogen-bond acceptors (Lipinski definition) is 0. The van der Waals surface area contributed by atoms with E-state index in [9.17, 15) is 0 Å². The van der Waals surface area contributed by atoms with E-state index >= 15 is 0 Å². The van der Waals surface area contributed by atoms with Gasteiger partial charge in [0.25, 0.3) is 0 Å². The number of aryl methyl sites for hydroxylation is 2. The maximum atomic E-state index is 2.61. The Morgan fingerprint density at radius 1 is 0.727 bits per heavy atom. The number of allylic oxidation sites excluding steroid dienone is 2. The van der Waals surface area contributed by atoms with Gasteiger partial charge < -0.3 is 0 Å². The van der Waals surface area contributed by atoms with E-state index in [0.717, 1.165) is 5.46 Å². The van der Waals surface area contributed by atoms with Gasteiger partial charge in [-0.3, -0.25) is 0 Å². The van der Waals surface area contributed by atoms with E-state index in [4.69, 9.17) is 0 Å². The standard InChI is InChI=1S/C10H24Si2.2C10H9.Y/c1-8-9-10(11(2,3)4)12(5,6)7;2*1-8-4-2-5-9-6-3-7-10(8)9;/h1,8-9H2,2-7H3;2*2-7H,1H3;. The van der Waals surface area contributed by atoms with Crippen molar-refractivity contribution < 1.29 is 27.4 Å². The molecule has 173 valence electrons. The molecule has 1 radical (unpaired) electrons. The van der Waals surface area contributed by atoms with Crippen LogP contribution in [0.3, 0.4) is 0 Å². The van der Waals surface area contributed by atoms with E-state index in [1.807, 2.05) is 5.16 Å². The second-order valence-electron chi connectivity index (χ2n) is 12.5. The summed E-state index contributed by atoms with van der Waals surface area (Å²) < 4.78 is 2.96. The number of rotatable bonds is 8. The van der Waals surface area contributed by atoms with E-state index in [-0.39, 0.29) is 0 Å². The van der Waals surface area contributed by atoms with Crippen LogP contribution in [0.4, 0.5) is 0 Å². The summed E-state index contributed by atoms with van der Waals surface area (Å²) >= 11 is -2.10.